The minimum absolute atomic E-state index is 0.886. The highest BCUT2D eigenvalue weighted by Gasteiger charge is 2.21. The fourth-order valence-electron chi connectivity index (χ4n) is 9.56. The summed E-state index contributed by atoms with van der Waals surface area (Å²) in [5.41, 5.74) is 14.3. The Morgan fingerprint density at radius 3 is 1.71 bits per heavy atom. The van der Waals surface area contributed by atoms with Crippen molar-refractivity contribution in [1.82, 2.24) is 0 Å². The van der Waals surface area contributed by atoms with E-state index < -0.39 is 0 Å². The van der Waals surface area contributed by atoms with E-state index >= 15 is 0 Å². The average molecular weight is 790 g/mol. The number of para-hydroxylation sites is 1. The van der Waals surface area contributed by atoms with E-state index in [0.29, 0.717) is 0 Å². The van der Waals surface area contributed by atoms with Gasteiger partial charge in [-0.1, -0.05) is 188 Å². The topological polar surface area (TPSA) is 16.4 Å². The van der Waals surface area contributed by atoms with Crippen molar-refractivity contribution in [3.8, 4) is 44.5 Å². The van der Waals surface area contributed by atoms with Crippen molar-refractivity contribution >= 4 is 71.3 Å². The minimum atomic E-state index is 0.886. The van der Waals surface area contributed by atoms with Crippen LogP contribution in [0.4, 0.5) is 17.1 Å². The maximum Gasteiger partial charge on any atom is 0.136 e. The number of furan rings is 1. The number of fused-ring (bicyclic) bond motifs is 7. The molecule has 2 heteroatoms. The highest BCUT2D eigenvalue weighted by molar-refractivity contribution is 6.15. The van der Waals surface area contributed by atoms with Crippen molar-refractivity contribution in [2.24, 2.45) is 0 Å². The zero-order valence-electron chi connectivity index (χ0n) is 33.9. The SMILES string of the molecule is c1ccc(-c2ccc(-c3cc4ccccc4c4ccccc34)cc2N(c2ccc(-c3cccc4ccccc34)cc2)c2cccc(-c3cccc4oc5ccccc5c34)c2)cc1. The summed E-state index contributed by atoms with van der Waals surface area (Å²) < 4.78 is 6.37. The number of anilines is 3. The van der Waals surface area contributed by atoms with Crippen LogP contribution in [0.25, 0.3) is 98.8 Å². The van der Waals surface area contributed by atoms with Gasteiger partial charge in [-0.3, -0.25) is 0 Å². The maximum absolute atomic E-state index is 6.37. The Hall–Kier alpha value is -8.20. The van der Waals surface area contributed by atoms with E-state index in [1.807, 2.05) is 6.07 Å². The van der Waals surface area contributed by atoms with Crippen LogP contribution in [-0.2, 0) is 0 Å². The van der Waals surface area contributed by atoms with Crippen LogP contribution in [0, 0.1) is 0 Å². The molecule has 1 heterocycles. The van der Waals surface area contributed by atoms with Crippen LogP contribution in [0.5, 0.6) is 0 Å². The van der Waals surface area contributed by atoms with Gasteiger partial charge in [0.1, 0.15) is 11.2 Å². The zero-order chi connectivity index (χ0) is 41.0. The van der Waals surface area contributed by atoms with E-state index in [1.54, 1.807) is 0 Å². The Bertz CT molecular complexity index is 3630. The lowest BCUT2D eigenvalue weighted by atomic mass is 9.91. The summed E-state index contributed by atoms with van der Waals surface area (Å²) in [6, 6.07) is 85.7. The van der Waals surface area contributed by atoms with Gasteiger partial charge in [0.25, 0.3) is 0 Å². The lowest BCUT2D eigenvalue weighted by Gasteiger charge is -2.29. The van der Waals surface area contributed by atoms with Crippen LogP contribution >= 0.6 is 0 Å². The van der Waals surface area contributed by atoms with Crippen LogP contribution in [0.1, 0.15) is 0 Å². The molecule has 0 aliphatic carbocycles. The van der Waals surface area contributed by atoms with Crippen molar-refractivity contribution in [2.75, 3.05) is 4.90 Å². The third-order valence-electron chi connectivity index (χ3n) is 12.4. The normalized spacial score (nSPS) is 11.5. The van der Waals surface area contributed by atoms with Crippen molar-refractivity contribution in [3.05, 3.63) is 237 Å². The second-order valence-electron chi connectivity index (χ2n) is 16.0. The maximum atomic E-state index is 6.37. The summed E-state index contributed by atoms with van der Waals surface area (Å²) in [4.78, 5) is 2.44. The van der Waals surface area contributed by atoms with E-state index in [2.05, 4.69) is 235 Å². The third kappa shape index (κ3) is 6.04. The fraction of sp³-hybridized carbons (Fsp3) is 0. The number of rotatable bonds is 7. The predicted molar refractivity (Wildman–Crippen MR) is 263 cm³/mol. The first kappa shape index (κ1) is 35.7. The molecule has 0 amide bonds. The van der Waals surface area contributed by atoms with E-state index in [4.69, 9.17) is 4.42 Å². The molecule has 0 bridgehead atoms. The second kappa shape index (κ2) is 14.8. The summed E-state index contributed by atoms with van der Waals surface area (Å²) in [5.74, 6) is 0. The molecule has 0 fully saturated rings. The lowest BCUT2D eigenvalue weighted by molar-refractivity contribution is 0.669. The number of hydrogen-bond acceptors (Lipinski definition) is 2. The predicted octanol–water partition coefficient (Wildman–Crippen LogP) is 17.2. The number of benzene rings is 11. The third-order valence-corrected chi connectivity index (χ3v) is 12.4. The first-order chi connectivity index (χ1) is 30.7. The van der Waals surface area contributed by atoms with Crippen molar-refractivity contribution in [1.29, 1.82) is 0 Å². The Morgan fingerprint density at radius 2 is 0.855 bits per heavy atom. The number of hydrogen-bond donors (Lipinski definition) is 0. The van der Waals surface area contributed by atoms with E-state index in [1.165, 1.54) is 49.0 Å². The molecule has 0 spiro atoms. The van der Waals surface area contributed by atoms with Crippen molar-refractivity contribution < 1.29 is 4.42 Å². The van der Waals surface area contributed by atoms with Gasteiger partial charge in [0.15, 0.2) is 0 Å². The molecule has 12 rings (SSSR count). The quantitative estimate of drug-likeness (QED) is 0.150. The summed E-state index contributed by atoms with van der Waals surface area (Å²) in [6.07, 6.45) is 0. The van der Waals surface area contributed by atoms with Gasteiger partial charge in [-0.15, -0.1) is 0 Å². The van der Waals surface area contributed by atoms with E-state index in [-0.39, 0.29) is 0 Å². The molecule has 290 valence electrons. The van der Waals surface area contributed by atoms with Gasteiger partial charge < -0.3 is 9.32 Å². The van der Waals surface area contributed by atoms with Crippen LogP contribution in [-0.4, -0.2) is 0 Å². The molecule has 0 radical (unpaired) electrons. The summed E-state index contributed by atoms with van der Waals surface area (Å²) in [7, 11) is 0. The van der Waals surface area contributed by atoms with E-state index in [0.717, 1.165) is 66.8 Å². The molecule has 11 aromatic carbocycles. The fourth-order valence-corrected chi connectivity index (χ4v) is 9.56. The van der Waals surface area contributed by atoms with E-state index in [9.17, 15) is 0 Å². The first-order valence-corrected chi connectivity index (χ1v) is 21.2. The number of nitrogens with zero attached hydrogens (tertiary/aromatic N) is 1. The van der Waals surface area contributed by atoms with Crippen molar-refractivity contribution in [2.45, 2.75) is 0 Å². The van der Waals surface area contributed by atoms with Gasteiger partial charge in [0.2, 0.25) is 0 Å². The molecular weight excluding hydrogens is 751 g/mol. The van der Waals surface area contributed by atoms with Gasteiger partial charge in [-0.05, 0) is 120 Å². The summed E-state index contributed by atoms with van der Waals surface area (Å²) >= 11 is 0. The monoisotopic (exact) mass is 789 g/mol. The largest absolute Gasteiger partial charge is 0.456 e. The molecule has 12 aromatic rings. The Morgan fingerprint density at radius 1 is 0.274 bits per heavy atom. The molecule has 62 heavy (non-hydrogen) atoms. The molecule has 2 nitrogen and oxygen atoms in total. The van der Waals surface area contributed by atoms with Crippen LogP contribution in [0.2, 0.25) is 0 Å². The van der Waals surface area contributed by atoms with Crippen LogP contribution < -0.4 is 4.90 Å². The molecule has 0 N–H and O–H groups in total. The molecule has 0 unspecified atom stereocenters. The Kier molecular flexibility index (Phi) is 8.53. The summed E-state index contributed by atoms with van der Waals surface area (Å²) in [5, 5.41) is 9.70. The Labute approximate surface area is 360 Å². The zero-order valence-corrected chi connectivity index (χ0v) is 33.9. The van der Waals surface area contributed by atoms with Crippen LogP contribution in [0.15, 0.2) is 241 Å². The molecule has 0 aliphatic heterocycles. The highest BCUT2D eigenvalue weighted by Crippen LogP contribution is 2.46. The van der Waals surface area contributed by atoms with Gasteiger partial charge >= 0.3 is 0 Å². The van der Waals surface area contributed by atoms with Crippen LogP contribution in [0.3, 0.4) is 0 Å². The lowest BCUT2D eigenvalue weighted by Crippen LogP contribution is -2.11. The Balaban J connectivity index is 1.10. The smallest absolute Gasteiger partial charge is 0.136 e. The molecule has 0 atom stereocenters. The van der Waals surface area contributed by atoms with Crippen molar-refractivity contribution in [3.63, 3.8) is 0 Å². The van der Waals surface area contributed by atoms with Gasteiger partial charge in [0, 0.05) is 27.7 Å². The average Bonchev–Trinajstić information content (AvgIpc) is 3.73. The van der Waals surface area contributed by atoms with Gasteiger partial charge in [-0.2, -0.15) is 0 Å². The standard InChI is InChI=1S/C60H39NO/c1-2-15-41(16-3-1)51-36-33-45(56-38-44-18-5-7-23-50(44)53-24-8-9-25-54(53)56)39-57(51)61(46-34-31-42(32-35-46)49-27-13-19-40-17-4-6-22-48(40)49)47-21-12-20-43(37-47)52-28-14-30-59-60(52)55-26-10-11-29-58(55)62-59/h1-39H. The minimum Gasteiger partial charge on any atom is -0.456 e. The van der Waals surface area contributed by atoms with Gasteiger partial charge in [-0.25, -0.2) is 0 Å². The molecule has 0 saturated heterocycles. The van der Waals surface area contributed by atoms with Gasteiger partial charge in [0.05, 0.1) is 5.69 Å². The highest BCUT2D eigenvalue weighted by atomic mass is 16.3. The first-order valence-electron chi connectivity index (χ1n) is 21.2. The molecule has 0 aliphatic rings. The molecule has 0 saturated carbocycles. The summed E-state index contributed by atoms with van der Waals surface area (Å²) in [6.45, 7) is 0. The second-order valence-corrected chi connectivity index (χ2v) is 16.0. The molecular formula is C60H39NO. The molecule has 1 aromatic heterocycles.